The molecular weight excluding hydrogens is 430 g/mol. The van der Waals surface area contributed by atoms with E-state index >= 15 is 0 Å². The molecule has 0 unspecified atom stereocenters. The smallest absolute Gasteiger partial charge is 0.408 e. The van der Waals surface area contributed by atoms with Crippen molar-refractivity contribution in [1.29, 1.82) is 0 Å². The van der Waals surface area contributed by atoms with Crippen LogP contribution in [0.5, 0.6) is 0 Å². The van der Waals surface area contributed by atoms with E-state index in [0.29, 0.717) is 24.9 Å². The summed E-state index contributed by atoms with van der Waals surface area (Å²) in [5, 5.41) is 27.7. The summed E-state index contributed by atoms with van der Waals surface area (Å²) < 4.78 is 0. The monoisotopic (exact) mass is 467 g/mol. The van der Waals surface area contributed by atoms with Gasteiger partial charge in [-0.2, -0.15) is 0 Å². The predicted molar refractivity (Wildman–Crippen MR) is 134 cm³/mol. The number of anilines is 1. The van der Waals surface area contributed by atoms with E-state index in [-0.39, 0.29) is 18.0 Å². The molecule has 3 rings (SSSR count). The maximum absolute atomic E-state index is 12.6. The summed E-state index contributed by atoms with van der Waals surface area (Å²) >= 11 is 0. The standard InChI is InChI=1S/C27H37N3O4/c1-18(28-5)24(32)29-21-13-11-19(12-14-21)17-22-15-16-27(26(2,3)4,30(22)25(33)34)23(31)20-9-7-6-8-10-20/h6-14,18,22-23,28,31H,15-17H2,1-5H3,(H,29,32)(H,33,34)/t18-,22+,23-,27+/m1/s1. The molecule has 1 saturated heterocycles. The van der Waals surface area contributed by atoms with Gasteiger partial charge in [0.2, 0.25) is 5.91 Å². The van der Waals surface area contributed by atoms with Crippen molar-refractivity contribution in [1.82, 2.24) is 10.2 Å². The Labute approximate surface area is 202 Å². The second-order valence-corrected chi connectivity index (χ2v) is 10.2. The van der Waals surface area contributed by atoms with Crippen molar-refractivity contribution in [3.8, 4) is 0 Å². The lowest BCUT2D eigenvalue weighted by molar-refractivity contribution is -0.117. The summed E-state index contributed by atoms with van der Waals surface area (Å²) in [4.78, 5) is 26.2. The molecule has 0 bridgehead atoms. The fourth-order valence-electron chi connectivity index (χ4n) is 5.19. The Bertz CT molecular complexity index is 987. The summed E-state index contributed by atoms with van der Waals surface area (Å²) in [5.41, 5.74) is 0.950. The van der Waals surface area contributed by atoms with Gasteiger partial charge in [-0.1, -0.05) is 63.2 Å². The topological polar surface area (TPSA) is 102 Å². The van der Waals surface area contributed by atoms with Crippen LogP contribution in [-0.2, 0) is 11.2 Å². The Kier molecular flexibility index (Phi) is 7.68. The molecule has 2 amide bonds. The largest absolute Gasteiger partial charge is 0.465 e. The van der Waals surface area contributed by atoms with Gasteiger partial charge in [0.05, 0.1) is 11.6 Å². The molecule has 0 radical (unpaired) electrons. The molecule has 184 valence electrons. The number of likely N-dealkylation sites (N-methyl/N-ethyl adjacent to an activating group) is 1. The van der Waals surface area contributed by atoms with Crippen molar-refractivity contribution in [2.45, 2.75) is 70.7 Å². The molecule has 0 aromatic heterocycles. The summed E-state index contributed by atoms with van der Waals surface area (Å²) in [6.07, 6.45) is -0.197. The van der Waals surface area contributed by atoms with Gasteiger partial charge < -0.3 is 20.8 Å². The molecule has 1 heterocycles. The van der Waals surface area contributed by atoms with Gasteiger partial charge in [-0.05, 0) is 61.9 Å². The number of hydrogen-bond acceptors (Lipinski definition) is 4. The van der Waals surface area contributed by atoms with Gasteiger partial charge in [0, 0.05) is 11.7 Å². The highest BCUT2D eigenvalue weighted by molar-refractivity contribution is 5.94. The zero-order valence-electron chi connectivity index (χ0n) is 20.7. The van der Waals surface area contributed by atoms with Crippen LogP contribution >= 0.6 is 0 Å². The Balaban J connectivity index is 1.86. The minimum atomic E-state index is -1.02. The van der Waals surface area contributed by atoms with E-state index in [4.69, 9.17) is 0 Å². The predicted octanol–water partition coefficient (Wildman–Crippen LogP) is 4.44. The Morgan fingerprint density at radius 3 is 2.26 bits per heavy atom. The third kappa shape index (κ3) is 4.95. The van der Waals surface area contributed by atoms with Crippen molar-refractivity contribution in [2.24, 2.45) is 5.41 Å². The van der Waals surface area contributed by atoms with E-state index in [2.05, 4.69) is 10.6 Å². The number of amides is 2. The molecule has 4 N–H and O–H groups in total. The molecule has 2 aromatic rings. The zero-order valence-corrected chi connectivity index (χ0v) is 20.7. The van der Waals surface area contributed by atoms with Crippen molar-refractivity contribution in [2.75, 3.05) is 12.4 Å². The van der Waals surface area contributed by atoms with Gasteiger partial charge in [-0.25, -0.2) is 4.79 Å². The highest BCUT2D eigenvalue weighted by Gasteiger charge is 2.59. The minimum Gasteiger partial charge on any atom is -0.465 e. The Morgan fingerprint density at radius 2 is 1.74 bits per heavy atom. The van der Waals surface area contributed by atoms with Gasteiger partial charge in [0.25, 0.3) is 0 Å². The third-order valence-corrected chi connectivity index (χ3v) is 7.25. The minimum absolute atomic E-state index is 0.118. The Morgan fingerprint density at radius 1 is 1.12 bits per heavy atom. The molecule has 0 saturated carbocycles. The van der Waals surface area contributed by atoms with Crippen LogP contribution in [0.25, 0.3) is 0 Å². The SMILES string of the molecule is CN[C@H](C)C(=O)Nc1ccc(C[C@@H]2CC[C@]([C@H](O)c3ccccc3)(C(C)(C)C)N2C(=O)O)cc1. The number of aliphatic hydroxyl groups is 1. The molecule has 2 aromatic carbocycles. The number of rotatable bonds is 7. The fraction of sp³-hybridized carbons (Fsp3) is 0.481. The van der Waals surface area contributed by atoms with Gasteiger partial charge in [0.15, 0.2) is 0 Å². The van der Waals surface area contributed by atoms with Crippen LogP contribution in [0.15, 0.2) is 54.6 Å². The van der Waals surface area contributed by atoms with Crippen molar-refractivity contribution in [3.05, 3.63) is 65.7 Å². The van der Waals surface area contributed by atoms with Crippen LogP contribution in [0.4, 0.5) is 10.5 Å². The van der Waals surface area contributed by atoms with Gasteiger partial charge in [-0.15, -0.1) is 0 Å². The maximum Gasteiger partial charge on any atom is 0.408 e. The highest BCUT2D eigenvalue weighted by atomic mass is 16.4. The first-order chi connectivity index (χ1) is 16.0. The molecule has 7 heteroatoms. The molecule has 4 atom stereocenters. The fourth-order valence-corrected chi connectivity index (χ4v) is 5.19. The lowest BCUT2D eigenvalue weighted by atomic mass is 9.67. The van der Waals surface area contributed by atoms with E-state index in [1.807, 2.05) is 75.4 Å². The second kappa shape index (κ2) is 10.2. The summed E-state index contributed by atoms with van der Waals surface area (Å²) in [7, 11) is 1.73. The van der Waals surface area contributed by atoms with E-state index in [1.165, 1.54) is 4.90 Å². The number of nitrogens with one attached hydrogen (secondary N) is 2. The van der Waals surface area contributed by atoms with Gasteiger partial charge >= 0.3 is 6.09 Å². The normalized spacial score (nSPS) is 22.3. The van der Waals surface area contributed by atoms with Crippen molar-refractivity contribution in [3.63, 3.8) is 0 Å². The molecule has 1 fully saturated rings. The summed E-state index contributed by atoms with van der Waals surface area (Å²) in [6, 6.07) is 16.3. The van der Waals surface area contributed by atoms with Crippen LogP contribution in [-0.4, -0.2) is 51.8 Å². The third-order valence-electron chi connectivity index (χ3n) is 7.25. The molecule has 0 aliphatic carbocycles. The maximum atomic E-state index is 12.6. The van der Waals surface area contributed by atoms with Crippen molar-refractivity contribution >= 4 is 17.7 Å². The Hall–Kier alpha value is -2.90. The first-order valence-corrected chi connectivity index (χ1v) is 11.8. The van der Waals surface area contributed by atoms with E-state index in [9.17, 15) is 19.8 Å². The number of benzene rings is 2. The summed E-state index contributed by atoms with van der Waals surface area (Å²) in [6.45, 7) is 7.79. The molecule has 1 aliphatic heterocycles. The van der Waals surface area contributed by atoms with Crippen molar-refractivity contribution < 1.29 is 19.8 Å². The second-order valence-electron chi connectivity index (χ2n) is 10.2. The van der Waals surface area contributed by atoms with E-state index in [1.54, 1.807) is 14.0 Å². The first-order valence-electron chi connectivity index (χ1n) is 11.8. The number of likely N-dealkylation sites (tertiary alicyclic amines) is 1. The van der Waals surface area contributed by atoms with Crippen LogP contribution in [0.3, 0.4) is 0 Å². The average molecular weight is 468 g/mol. The lowest BCUT2D eigenvalue weighted by Crippen LogP contribution is -2.61. The van der Waals surface area contributed by atoms with E-state index in [0.717, 1.165) is 11.1 Å². The molecule has 34 heavy (non-hydrogen) atoms. The molecule has 7 nitrogen and oxygen atoms in total. The summed E-state index contributed by atoms with van der Waals surface area (Å²) in [5.74, 6) is -0.118. The quantitative estimate of drug-likeness (QED) is 0.482. The van der Waals surface area contributed by atoms with Crippen LogP contribution in [0, 0.1) is 5.41 Å². The number of hydrogen-bond donors (Lipinski definition) is 4. The number of nitrogens with zero attached hydrogens (tertiary/aromatic N) is 1. The first kappa shape index (κ1) is 25.7. The molecule has 0 spiro atoms. The highest BCUT2D eigenvalue weighted by Crippen LogP contribution is 2.53. The van der Waals surface area contributed by atoms with Crippen LogP contribution < -0.4 is 10.6 Å². The number of carbonyl (C=O) groups is 2. The molecular formula is C27H37N3O4. The number of carboxylic acid groups (broad SMARTS) is 1. The van der Waals surface area contributed by atoms with Gasteiger partial charge in [-0.3, -0.25) is 9.69 Å². The average Bonchev–Trinajstić information content (AvgIpc) is 3.20. The molecule has 1 aliphatic rings. The van der Waals surface area contributed by atoms with E-state index < -0.39 is 23.2 Å². The van der Waals surface area contributed by atoms with Gasteiger partial charge in [0.1, 0.15) is 6.10 Å². The number of aliphatic hydroxyl groups excluding tert-OH is 1. The van der Waals surface area contributed by atoms with Crippen LogP contribution in [0.1, 0.15) is 57.8 Å². The zero-order chi connectivity index (χ0) is 25.1. The lowest BCUT2D eigenvalue weighted by Gasteiger charge is -2.51. The van der Waals surface area contributed by atoms with Crippen LogP contribution in [0.2, 0.25) is 0 Å². The number of carbonyl (C=O) groups excluding carboxylic acids is 1.